The van der Waals surface area contributed by atoms with Crippen molar-refractivity contribution in [2.75, 3.05) is 25.6 Å². The summed E-state index contributed by atoms with van der Waals surface area (Å²) >= 11 is 6.01. The molecule has 0 saturated heterocycles. The number of rotatable bonds is 6. The highest BCUT2D eigenvalue weighted by molar-refractivity contribution is 6.33. The van der Waals surface area contributed by atoms with E-state index < -0.39 is 0 Å². The van der Waals surface area contributed by atoms with Gasteiger partial charge in [-0.3, -0.25) is 4.79 Å². The Kier molecular flexibility index (Phi) is 5.29. The molecule has 0 fully saturated rings. The quantitative estimate of drug-likeness (QED) is 0.615. The van der Waals surface area contributed by atoms with Gasteiger partial charge in [0.25, 0.3) is 0 Å². The predicted octanol–water partition coefficient (Wildman–Crippen LogP) is 2.99. The highest BCUT2D eigenvalue weighted by Crippen LogP contribution is 2.23. The molecule has 0 radical (unpaired) electrons. The Balaban J connectivity index is 2.63. The first-order chi connectivity index (χ1) is 7.65. The Labute approximate surface area is 101 Å². The Bertz CT molecular complexity index is 366. The summed E-state index contributed by atoms with van der Waals surface area (Å²) in [5.41, 5.74) is 1.46. The van der Waals surface area contributed by atoms with E-state index in [1.54, 1.807) is 25.3 Å². The lowest BCUT2D eigenvalue weighted by atomic mass is 10.1. The minimum Gasteiger partial charge on any atom is -0.385 e. The Morgan fingerprint density at radius 3 is 2.88 bits per heavy atom. The molecular formula is C12H16ClNO2. The van der Waals surface area contributed by atoms with Crippen molar-refractivity contribution in [1.29, 1.82) is 0 Å². The second-order valence-electron chi connectivity index (χ2n) is 3.52. The summed E-state index contributed by atoms with van der Waals surface area (Å²) in [6.07, 6.45) is 0.900. The van der Waals surface area contributed by atoms with Gasteiger partial charge in [0.15, 0.2) is 5.78 Å². The van der Waals surface area contributed by atoms with Crippen LogP contribution in [0.3, 0.4) is 0 Å². The average Bonchev–Trinajstić information content (AvgIpc) is 2.26. The number of methoxy groups -OCH3 is 1. The second-order valence-corrected chi connectivity index (χ2v) is 3.93. The molecule has 0 heterocycles. The predicted molar refractivity (Wildman–Crippen MR) is 66.4 cm³/mol. The van der Waals surface area contributed by atoms with Crippen molar-refractivity contribution in [1.82, 2.24) is 0 Å². The van der Waals surface area contributed by atoms with Crippen molar-refractivity contribution in [2.45, 2.75) is 13.3 Å². The van der Waals surface area contributed by atoms with E-state index in [1.807, 2.05) is 0 Å². The molecule has 16 heavy (non-hydrogen) atoms. The first-order valence-electron chi connectivity index (χ1n) is 5.18. The van der Waals surface area contributed by atoms with Crippen molar-refractivity contribution in [2.24, 2.45) is 0 Å². The minimum absolute atomic E-state index is 0.0385. The number of ketones is 1. The molecule has 0 aliphatic rings. The molecule has 1 aromatic rings. The summed E-state index contributed by atoms with van der Waals surface area (Å²) < 4.78 is 4.94. The highest BCUT2D eigenvalue weighted by atomic mass is 35.5. The topological polar surface area (TPSA) is 38.3 Å². The van der Waals surface area contributed by atoms with Crippen LogP contribution in [0.15, 0.2) is 18.2 Å². The maximum atomic E-state index is 11.2. The average molecular weight is 242 g/mol. The molecular weight excluding hydrogens is 226 g/mol. The number of benzene rings is 1. The van der Waals surface area contributed by atoms with Gasteiger partial charge in [-0.2, -0.15) is 0 Å². The minimum atomic E-state index is 0.0385. The summed E-state index contributed by atoms with van der Waals surface area (Å²) in [4.78, 5) is 11.2. The zero-order chi connectivity index (χ0) is 12.0. The molecule has 1 N–H and O–H groups in total. The van der Waals surface area contributed by atoms with Gasteiger partial charge in [-0.05, 0) is 31.5 Å². The van der Waals surface area contributed by atoms with Crippen LogP contribution in [-0.4, -0.2) is 26.0 Å². The highest BCUT2D eigenvalue weighted by Gasteiger charge is 2.04. The van der Waals surface area contributed by atoms with Crippen LogP contribution < -0.4 is 5.32 Å². The molecule has 1 rings (SSSR count). The number of carbonyl (C=O) groups excluding carboxylic acids is 1. The Hall–Kier alpha value is -1.06. The van der Waals surface area contributed by atoms with Gasteiger partial charge in [0.2, 0.25) is 0 Å². The lowest BCUT2D eigenvalue weighted by Crippen LogP contribution is -2.06. The molecule has 4 heteroatoms. The first kappa shape index (κ1) is 13.0. The van der Waals surface area contributed by atoms with E-state index in [0.29, 0.717) is 17.2 Å². The SMILES string of the molecule is COCCCNc1cc(C(C)=O)ccc1Cl. The van der Waals surface area contributed by atoms with E-state index in [0.717, 1.165) is 18.7 Å². The molecule has 0 aliphatic carbocycles. The molecule has 0 spiro atoms. The number of hydrogen-bond donors (Lipinski definition) is 1. The fourth-order valence-electron chi connectivity index (χ4n) is 1.32. The van der Waals surface area contributed by atoms with Gasteiger partial charge >= 0.3 is 0 Å². The number of carbonyl (C=O) groups is 1. The summed E-state index contributed by atoms with van der Waals surface area (Å²) in [6, 6.07) is 5.24. The summed E-state index contributed by atoms with van der Waals surface area (Å²) in [7, 11) is 1.67. The van der Waals surface area contributed by atoms with E-state index in [1.165, 1.54) is 6.92 Å². The van der Waals surface area contributed by atoms with Gasteiger partial charge < -0.3 is 10.1 Å². The number of halogens is 1. The largest absolute Gasteiger partial charge is 0.385 e. The summed E-state index contributed by atoms with van der Waals surface area (Å²) in [5.74, 6) is 0.0385. The van der Waals surface area contributed by atoms with Crippen LogP contribution in [0.5, 0.6) is 0 Å². The standard InChI is InChI=1S/C12H16ClNO2/c1-9(15)10-4-5-11(13)12(8-10)14-6-3-7-16-2/h4-5,8,14H,3,6-7H2,1-2H3. The molecule has 0 atom stereocenters. The Morgan fingerprint density at radius 2 is 2.25 bits per heavy atom. The van der Waals surface area contributed by atoms with E-state index in [-0.39, 0.29) is 5.78 Å². The molecule has 3 nitrogen and oxygen atoms in total. The maximum Gasteiger partial charge on any atom is 0.159 e. The molecule has 0 aromatic heterocycles. The molecule has 0 saturated carbocycles. The van der Waals surface area contributed by atoms with Crippen molar-refractivity contribution in [3.63, 3.8) is 0 Å². The monoisotopic (exact) mass is 241 g/mol. The van der Waals surface area contributed by atoms with E-state index in [9.17, 15) is 4.79 Å². The molecule has 0 amide bonds. The Morgan fingerprint density at radius 1 is 1.50 bits per heavy atom. The van der Waals surface area contributed by atoms with Crippen LogP contribution in [0.4, 0.5) is 5.69 Å². The fraction of sp³-hybridized carbons (Fsp3) is 0.417. The number of anilines is 1. The number of hydrogen-bond acceptors (Lipinski definition) is 3. The lowest BCUT2D eigenvalue weighted by Gasteiger charge is -2.09. The van der Waals surface area contributed by atoms with Crippen LogP contribution in [0, 0.1) is 0 Å². The molecule has 1 aromatic carbocycles. The van der Waals surface area contributed by atoms with Gasteiger partial charge in [-0.15, -0.1) is 0 Å². The van der Waals surface area contributed by atoms with Gasteiger partial charge in [0.1, 0.15) is 0 Å². The molecule has 0 aliphatic heterocycles. The lowest BCUT2D eigenvalue weighted by molar-refractivity contribution is 0.101. The van der Waals surface area contributed by atoms with E-state index in [4.69, 9.17) is 16.3 Å². The van der Waals surface area contributed by atoms with Crippen LogP contribution >= 0.6 is 11.6 Å². The maximum absolute atomic E-state index is 11.2. The zero-order valence-corrected chi connectivity index (χ0v) is 10.3. The fourth-order valence-corrected chi connectivity index (χ4v) is 1.50. The van der Waals surface area contributed by atoms with Crippen molar-refractivity contribution >= 4 is 23.1 Å². The molecule has 0 bridgehead atoms. The van der Waals surface area contributed by atoms with Crippen molar-refractivity contribution < 1.29 is 9.53 Å². The van der Waals surface area contributed by atoms with Gasteiger partial charge in [-0.1, -0.05) is 11.6 Å². The molecule has 88 valence electrons. The van der Waals surface area contributed by atoms with E-state index >= 15 is 0 Å². The molecule has 0 unspecified atom stereocenters. The second kappa shape index (κ2) is 6.51. The number of Topliss-reactive ketones (excluding diaryl/α,β-unsaturated/α-hetero) is 1. The normalized spacial score (nSPS) is 10.2. The van der Waals surface area contributed by atoms with E-state index in [2.05, 4.69) is 5.32 Å². The van der Waals surface area contributed by atoms with Crippen LogP contribution in [-0.2, 0) is 4.74 Å². The van der Waals surface area contributed by atoms with Gasteiger partial charge in [-0.25, -0.2) is 0 Å². The van der Waals surface area contributed by atoms with Crippen LogP contribution in [0.2, 0.25) is 5.02 Å². The van der Waals surface area contributed by atoms with Gasteiger partial charge in [0, 0.05) is 25.8 Å². The number of nitrogens with one attached hydrogen (secondary N) is 1. The number of ether oxygens (including phenoxy) is 1. The van der Waals surface area contributed by atoms with Crippen molar-refractivity contribution in [3.8, 4) is 0 Å². The summed E-state index contributed by atoms with van der Waals surface area (Å²) in [6.45, 7) is 3.02. The van der Waals surface area contributed by atoms with Crippen LogP contribution in [0.1, 0.15) is 23.7 Å². The van der Waals surface area contributed by atoms with Gasteiger partial charge in [0.05, 0.1) is 10.7 Å². The smallest absolute Gasteiger partial charge is 0.159 e. The third-order valence-corrected chi connectivity index (χ3v) is 2.54. The van der Waals surface area contributed by atoms with Crippen molar-refractivity contribution in [3.05, 3.63) is 28.8 Å². The third kappa shape index (κ3) is 3.83. The summed E-state index contributed by atoms with van der Waals surface area (Å²) in [5, 5.41) is 3.81. The zero-order valence-electron chi connectivity index (χ0n) is 9.55. The third-order valence-electron chi connectivity index (χ3n) is 2.21. The first-order valence-corrected chi connectivity index (χ1v) is 5.56. The van der Waals surface area contributed by atoms with Crippen LogP contribution in [0.25, 0.3) is 0 Å².